The summed E-state index contributed by atoms with van der Waals surface area (Å²) in [6.07, 6.45) is 0.850. The molecule has 0 saturated carbocycles. The molecule has 0 aliphatic carbocycles. The van der Waals surface area contributed by atoms with Crippen molar-refractivity contribution in [3.63, 3.8) is 0 Å². The zero-order valence-electron chi connectivity index (χ0n) is 11.3. The number of nitrogens with one attached hydrogen (secondary N) is 1. The van der Waals surface area contributed by atoms with Crippen LogP contribution in [0.2, 0.25) is 5.02 Å². The van der Waals surface area contributed by atoms with E-state index in [4.69, 9.17) is 21.1 Å². The molecule has 1 aromatic rings. The summed E-state index contributed by atoms with van der Waals surface area (Å²) in [7, 11) is 5.09. The highest BCUT2D eigenvalue weighted by molar-refractivity contribution is 6.32. The molecule has 1 rings (SSSR count). The minimum absolute atomic E-state index is 0.166. The summed E-state index contributed by atoms with van der Waals surface area (Å²) in [4.78, 5) is 0. The molecular formula is C14H20ClNO2. The summed E-state index contributed by atoms with van der Waals surface area (Å²) >= 11 is 6.20. The number of halogens is 1. The molecule has 0 bridgehead atoms. The number of hydrogen-bond donors (Lipinski definition) is 1. The van der Waals surface area contributed by atoms with Gasteiger partial charge in [-0.25, -0.2) is 0 Å². The topological polar surface area (TPSA) is 30.5 Å². The minimum Gasteiger partial charge on any atom is -0.493 e. The van der Waals surface area contributed by atoms with E-state index in [0.717, 1.165) is 17.6 Å². The summed E-state index contributed by atoms with van der Waals surface area (Å²) < 4.78 is 10.5. The molecule has 0 heterocycles. The van der Waals surface area contributed by atoms with Gasteiger partial charge in [0.2, 0.25) is 0 Å². The van der Waals surface area contributed by atoms with E-state index in [1.807, 2.05) is 26.1 Å². The van der Waals surface area contributed by atoms with E-state index in [9.17, 15) is 0 Å². The van der Waals surface area contributed by atoms with E-state index in [0.29, 0.717) is 16.5 Å². The molecule has 0 amide bonds. The van der Waals surface area contributed by atoms with E-state index in [-0.39, 0.29) is 6.04 Å². The van der Waals surface area contributed by atoms with E-state index in [1.54, 1.807) is 14.2 Å². The molecule has 0 aliphatic rings. The van der Waals surface area contributed by atoms with E-state index in [2.05, 4.69) is 11.9 Å². The van der Waals surface area contributed by atoms with Gasteiger partial charge >= 0.3 is 0 Å². The Morgan fingerprint density at radius 2 is 2.06 bits per heavy atom. The van der Waals surface area contributed by atoms with Gasteiger partial charge in [-0.2, -0.15) is 0 Å². The van der Waals surface area contributed by atoms with Gasteiger partial charge in [0.1, 0.15) is 0 Å². The van der Waals surface area contributed by atoms with Crippen molar-refractivity contribution in [2.45, 2.75) is 19.4 Å². The second-order valence-corrected chi connectivity index (χ2v) is 4.65. The maximum atomic E-state index is 6.20. The molecule has 0 fully saturated rings. The standard InChI is InChI=1S/C14H20ClNO2/c1-9(2)6-12(16-3)10-7-11(15)14(18-5)13(8-10)17-4/h7-8,12,16H,1,6H2,2-5H3. The Kier molecular flexibility index (Phi) is 5.51. The third-order valence-corrected chi connectivity index (χ3v) is 3.04. The predicted octanol–water partition coefficient (Wildman–Crippen LogP) is 3.58. The third-order valence-electron chi connectivity index (χ3n) is 2.76. The molecule has 4 heteroatoms. The van der Waals surface area contributed by atoms with Crippen LogP contribution in [0.5, 0.6) is 11.5 Å². The summed E-state index contributed by atoms with van der Waals surface area (Å²) in [5, 5.41) is 3.80. The first-order valence-corrected chi connectivity index (χ1v) is 6.14. The molecule has 18 heavy (non-hydrogen) atoms. The second kappa shape index (κ2) is 6.66. The smallest absolute Gasteiger partial charge is 0.179 e. The molecule has 1 N–H and O–H groups in total. The molecule has 0 saturated heterocycles. The lowest BCUT2D eigenvalue weighted by molar-refractivity contribution is 0.354. The lowest BCUT2D eigenvalue weighted by Crippen LogP contribution is -2.16. The molecule has 3 nitrogen and oxygen atoms in total. The molecule has 1 unspecified atom stereocenters. The van der Waals surface area contributed by atoms with Crippen molar-refractivity contribution >= 4 is 11.6 Å². The van der Waals surface area contributed by atoms with Crippen LogP contribution in [0.15, 0.2) is 24.3 Å². The highest BCUT2D eigenvalue weighted by Crippen LogP contribution is 2.38. The summed E-state index contributed by atoms with van der Waals surface area (Å²) in [5.41, 5.74) is 2.17. The maximum absolute atomic E-state index is 6.20. The number of rotatable bonds is 6. The largest absolute Gasteiger partial charge is 0.493 e. The van der Waals surface area contributed by atoms with Crippen LogP contribution >= 0.6 is 11.6 Å². The summed E-state index contributed by atoms with van der Waals surface area (Å²) in [6.45, 7) is 5.94. The van der Waals surface area contributed by atoms with Crippen LogP contribution in [-0.2, 0) is 0 Å². The molecule has 0 aliphatic heterocycles. The fraction of sp³-hybridized carbons (Fsp3) is 0.429. The minimum atomic E-state index is 0.166. The van der Waals surface area contributed by atoms with Gasteiger partial charge in [0.15, 0.2) is 11.5 Å². The Morgan fingerprint density at radius 1 is 1.39 bits per heavy atom. The predicted molar refractivity (Wildman–Crippen MR) is 75.8 cm³/mol. The highest BCUT2D eigenvalue weighted by atomic mass is 35.5. The van der Waals surface area contributed by atoms with Crippen molar-refractivity contribution in [2.24, 2.45) is 0 Å². The molecule has 100 valence electrons. The monoisotopic (exact) mass is 269 g/mol. The zero-order valence-corrected chi connectivity index (χ0v) is 12.1. The Labute approximate surface area is 114 Å². The van der Waals surface area contributed by atoms with Gasteiger partial charge in [-0.1, -0.05) is 17.2 Å². The third kappa shape index (κ3) is 3.40. The number of ether oxygens (including phenoxy) is 2. The molecule has 0 spiro atoms. The van der Waals surface area contributed by atoms with Crippen molar-refractivity contribution in [1.82, 2.24) is 5.32 Å². The molecular weight excluding hydrogens is 250 g/mol. The average molecular weight is 270 g/mol. The Hall–Kier alpha value is -1.19. The van der Waals surface area contributed by atoms with Gasteiger partial charge in [-0.15, -0.1) is 6.58 Å². The average Bonchev–Trinajstić information content (AvgIpc) is 2.34. The van der Waals surface area contributed by atoms with E-state index < -0.39 is 0 Å². The molecule has 0 radical (unpaired) electrons. The number of hydrogen-bond acceptors (Lipinski definition) is 3. The lowest BCUT2D eigenvalue weighted by Gasteiger charge is -2.19. The van der Waals surface area contributed by atoms with Crippen LogP contribution in [0.25, 0.3) is 0 Å². The van der Waals surface area contributed by atoms with Crippen LogP contribution in [0, 0.1) is 0 Å². The van der Waals surface area contributed by atoms with Crippen molar-refractivity contribution in [2.75, 3.05) is 21.3 Å². The Morgan fingerprint density at radius 3 is 2.50 bits per heavy atom. The second-order valence-electron chi connectivity index (χ2n) is 4.24. The fourth-order valence-corrected chi connectivity index (χ4v) is 2.17. The van der Waals surface area contributed by atoms with Crippen LogP contribution in [0.4, 0.5) is 0 Å². The molecule has 0 aromatic heterocycles. The number of methoxy groups -OCH3 is 2. The fourth-order valence-electron chi connectivity index (χ4n) is 1.87. The van der Waals surface area contributed by atoms with Crippen molar-refractivity contribution < 1.29 is 9.47 Å². The molecule has 1 aromatic carbocycles. The highest BCUT2D eigenvalue weighted by Gasteiger charge is 2.16. The van der Waals surface area contributed by atoms with E-state index in [1.165, 1.54) is 0 Å². The van der Waals surface area contributed by atoms with Gasteiger partial charge in [0, 0.05) is 6.04 Å². The van der Waals surface area contributed by atoms with Crippen molar-refractivity contribution in [3.05, 3.63) is 34.9 Å². The van der Waals surface area contributed by atoms with Crippen molar-refractivity contribution in [1.29, 1.82) is 0 Å². The Balaban J connectivity index is 3.16. The van der Waals surface area contributed by atoms with Gasteiger partial charge in [-0.05, 0) is 38.1 Å². The van der Waals surface area contributed by atoms with Crippen LogP contribution in [-0.4, -0.2) is 21.3 Å². The van der Waals surface area contributed by atoms with E-state index >= 15 is 0 Å². The number of benzene rings is 1. The van der Waals surface area contributed by atoms with Crippen LogP contribution in [0.3, 0.4) is 0 Å². The van der Waals surface area contributed by atoms with Crippen LogP contribution in [0.1, 0.15) is 24.9 Å². The molecule has 1 atom stereocenters. The van der Waals surface area contributed by atoms with Gasteiger partial charge in [0.25, 0.3) is 0 Å². The quantitative estimate of drug-likeness (QED) is 0.801. The first-order chi connectivity index (χ1) is 8.53. The SMILES string of the molecule is C=C(C)CC(NC)c1cc(Cl)c(OC)c(OC)c1. The normalized spacial score (nSPS) is 12.1. The lowest BCUT2D eigenvalue weighted by atomic mass is 10.00. The Bertz CT molecular complexity index is 432. The first kappa shape index (κ1) is 14.9. The summed E-state index contributed by atoms with van der Waals surface area (Å²) in [6, 6.07) is 4.00. The van der Waals surface area contributed by atoms with Gasteiger partial charge in [0.05, 0.1) is 19.2 Å². The van der Waals surface area contributed by atoms with Gasteiger partial charge in [-0.3, -0.25) is 0 Å². The van der Waals surface area contributed by atoms with Gasteiger partial charge < -0.3 is 14.8 Å². The first-order valence-electron chi connectivity index (χ1n) is 5.76. The van der Waals surface area contributed by atoms with Crippen molar-refractivity contribution in [3.8, 4) is 11.5 Å². The maximum Gasteiger partial charge on any atom is 0.179 e. The zero-order chi connectivity index (χ0) is 13.7. The summed E-state index contributed by atoms with van der Waals surface area (Å²) in [5.74, 6) is 1.20. The van der Waals surface area contributed by atoms with Crippen LogP contribution < -0.4 is 14.8 Å².